The highest BCUT2D eigenvalue weighted by atomic mass is 19.1. The number of nitrogens with two attached hydrogens (primary N) is 1. The molecule has 4 heterocycles. The maximum atomic E-state index is 13.8. The molecule has 0 unspecified atom stereocenters. The van der Waals surface area contributed by atoms with Crippen LogP contribution in [0.15, 0.2) is 48.8 Å². The summed E-state index contributed by atoms with van der Waals surface area (Å²) < 4.78 is 20.9. The van der Waals surface area contributed by atoms with Gasteiger partial charge in [-0.1, -0.05) is 30.3 Å². The molecular weight excluding hydrogens is 401 g/mol. The number of benzene rings is 1. The molecule has 1 amide bonds. The summed E-state index contributed by atoms with van der Waals surface area (Å²) in [6, 6.07) is 10.8. The zero-order chi connectivity index (χ0) is 21.4. The topological polar surface area (TPSA) is 119 Å². The van der Waals surface area contributed by atoms with E-state index in [9.17, 15) is 9.18 Å². The van der Waals surface area contributed by atoms with E-state index in [4.69, 9.17) is 10.5 Å². The first kappa shape index (κ1) is 18.8. The van der Waals surface area contributed by atoms with E-state index in [1.807, 2.05) is 30.3 Å². The van der Waals surface area contributed by atoms with Gasteiger partial charge in [-0.25, -0.2) is 14.4 Å². The fourth-order valence-electron chi connectivity index (χ4n) is 3.50. The van der Waals surface area contributed by atoms with Gasteiger partial charge in [0.1, 0.15) is 29.6 Å². The van der Waals surface area contributed by atoms with E-state index in [0.29, 0.717) is 28.4 Å². The molecule has 0 saturated carbocycles. The lowest BCUT2D eigenvalue weighted by atomic mass is 10.1. The number of carbonyl (C=O) groups excluding carboxylic acids is 1. The second-order valence-corrected chi connectivity index (χ2v) is 6.96. The van der Waals surface area contributed by atoms with E-state index < -0.39 is 5.82 Å². The van der Waals surface area contributed by atoms with Crippen LogP contribution in [0.3, 0.4) is 0 Å². The lowest BCUT2D eigenvalue weighted by Crippen LogP contribution is -2.28. The molecule has 0 aliphatic carbocycles. The number of nitrogen functional groups attached to an aromatic ring is 1. The number of aromatic nitrogens is 4. The first-order valence-corrected chi connectivity index (χ1v) is 9.64. The average molecular weight is 419 g/mol. The van der Waals surface area contributed by atoms with E-state index >= 15 is 0 Å². The highest BCUT2D eigenvalue weighted by Gasteiger charge is 2.22. The number of pyridine rings is 1. The molecule has 1 aliphatic heterocycles. The number of nitrogens with one attached hydrogen (secondary N) is 2. The minimum atomic E-state index is -0.481. The van der Waals surface area contributed by atoms with Crippen LogP contribution in [0, 0.1) is 5.82 Å². The molecule has 10 heteroatoms. The number of hydrogen-bond acceptors (Lipinski definition) is 7. The normalized spacial score (nSPS) is 13.9. The number of amides is 1. The number of ether oxygens (including phenoxy) is 1. The fourth-order valence-corrected chi connectivity index (χ4v) is 3.50. The zero-order valence-corrected chi connectivity index (χ0v) is 16.3. The van der Waals surface area contributed by atoms with Gasteiger partial charge in [-0.3, -0.25) is 4.79 Å². The van der Waals surface area contributed by atoms with Crippen LogP contribution in [-0.4, -0.2) is 38.6 Å². The summed E-state index contributed by atoms with van der Waals surface area (Å²) >= 11 is 0. The van der Waals surface area contributed by atoms with Gasteiger partial charge in [0.05, 0.1) is 24.5 Å². The van der Waals surface area contributed by atoms with Crippen molar-refractivity contribution < 1.29 is 13.9 Å². The number of carbonyl (C=O) groups is 1. The number of halogens is 1. The number of nitrogens with zero attached hydrogens (tertiary/aromatic N) is 4. The zero-order valence-electron chi connectivity index (χ0n) is 16.3. The van der Waals surface area contributed by atoms with Crippen molar-refractivity contribution in [3.63, 3.8) is 0 Å². The predicted molar refractivity (Wildman–Crippen MR) is 112 cm³/mol. The Morgan fingerprint density at radius 2 is 2.00 bits per heavy atom. The van der Waals surface area contributed by atoms with Gasteiger partial charge in [-0.15, -0.1) is 0 Å². The molecule has 0 fully saturated rings. The Balaban J connectivity index is 1.71. The molecule has 1 aliphatic rings. The van der Waals surface area contributed by atoms with Gasteiger partial charge in [-0.2, -0.15) is 9.61 Å². The standard InChI is InChI=1S/C21H18FN7O2/c22-14-8-13-9-25-18-16(12-4-2-1-3-5-12)17(23)29-19(28-18)15(11-27-29)20(30)24-6-7-31-21(13)26-10-14/h1-5,8,10-11H,6-7,9,23H2,(H,24,30)(H,25,28). The highest BCUT2D eigenvalue weighted by Crippen LogP contribution is 2.34. The Hall–Kier alpha value is -4.21. The van der Waals surface area contributed by atoms with Crippen LogP contribution in [0.1, 0.15) is 15.9 Å². The lowest BCUT2D eigenvalue weighted by molar-refractivity contribution is 0.0948. The van der Waals surface area contributed by atoms with Crippen molar-refractivity contribution in [1.29, 1.82) is 0 Å². The van der Waals surface area contributed by atoms with Gasteiger partial charge >= 0.3 is 0 Å². The van der Waals surface area contributed by atoms with Gasteiger partial charge < -0.3 is 21.1 Å². The van der Waals surface area contributed by atoms with Crippen LogP contribution >= 0.6 is 0 Å². The summed E-state index contributed by atoms with van der Waals surface area (Å²) in [7, 11) is 0. The summed E-state index contributed by atoms with van der Waals surface area (Å²) in [5.74, 6) is 0.198. The first-order chi connectivity index (χ1) is 15.1. The molecule has 5 rings (SSSR count). The molecule has 4 N–H and O–H groups in total. The molecule has 3 aromatic heterocycles. The van der Waals surface area contributed by atoms with Gasteiger partial charge in [-0.05, 0) is 11.6 Å². The van der Waals surface area contributed by atoms with Gasteiger partial charge in [0.15, 0.2) is 5.65 Å². The third-order valence-corrected chi connectivity index (χ3v) is 4.95. The maximum absolute atomic E-state index is 13.8. The van der Waals surface area contributed by atoms with Crippen LogP contribution in [0.2, 0.25) is 0 Å². The van der Waals surface area contributed by atoms with Gasteiger partial charge in [0.25, 0.3) is 5.91 Å². The Labute approximate surface area is 176 Å². The summed E-state index contributed by atoms with van der Waals surface area (Å²) in [6.45, 7) is 0.587. The molecule has 0 atom stereocenters. The van der Waals surface area contributed by atoms with E-state index in [-0.39, 0.29) is 37.0 Å². The molecule has 1 aromatic carbocycles. The Bertz CT molecular complexity index is 1290. The molecule has 156 valence electrons. The second-order valence-electron chi connectivity index (χ2n) is 6.96. The third kappa shape index (κ3) is 3.37. The Kier molecular flexibility index (Phi) is 4.58. The van der Waals surface area contributed by atoms with Gasteiger partial charge in [0.2, 0.25) is 5.88 Å². The predicted octanol–water partition coefficient (Wildman–Crippen LogP) is 2.25. The summed E-state index contributed by atoms with van der Waals surface area (Å²) in [5.41, 5.74) is 9.01. The van der Waals surface area contributed by atoms with E-state index in [1.165, 1.54) is 16.8 Å². The van der Waals surface area contributed by atoms with Crippen LogP contribution in [0.25, 0.3) is 16.8 Å². The van der Waals surface area contributed by atoms with Crippen molar-refractivity contribution in [3.8, 4) is 17.0 Å². The number of rotatable bonds is 1. The molecule has 4 aromatic rings. The number of anilines is 2. The number of fused-ring (bicyclic) bond motifs is 2. The maximum Gasteiger partial charge on any atom is 0.256 e. The van der Waals surface area contributed by atoms with Gasteiger partial charge in [0, 0.05) is 12.1 Å². The summed E-state index contributed by atoms with van der Waals surface area (Å²) in [4.78, 5) is 21.4. The second kappa shape index (κ2) is 7.56. The van der Waals surface area contributed by atoms with Crippen molar-refractivity contribution in [2.75, 3.05) is 24.2 Å². The van der Waals surface area contributed by atoms with Crippen LogP contribution in [-0.2, 0) is 6.54 Å². The Morgan fingerprint density at radius 1 is 1.16 bits per heavy atom. The SMILES string of the molecule is Nc1c(-c2ccccc2)c2nc3c(cnn13)C(=O)NCCOc1ncc(F)cc1CN2. The minimum Gasteiger partial charge on any atom is -0.476 e. The van der Waals surface area contributed by atoms with Crippen LogP contribution in [0.5, 0.6) is 5.88 Å². The molecule has 0 saturated heterocycles. The minimum absolute atomic E-state index is 0.171. The molecular formula is C21H18FN7O2. The average Bonchev–Trinajstić information content (AvgIpc) is 3.21. The van der Waals surface area contributed by atoms with Crippen molar-refractivity contribution in [2.24, 2.45) is 0 Å². The van der Waals surface area contributed by atoms with E-state index in [2.05, 4.69) is 25.7 Å². The molecule has 9 nitrogen and oxygen atoms in total. The lowest BCUT2D eigenvalue weighted by Gasteiger charge is -2.16. The quantitative estimate of drug-likeness (QED) is 0.433. The smallest absolute Gasteiger partial charge is 0.256 e. The van der Waals surface area contributed by atoms with Crippen molar-refractivity contribution in [2.45, 2.75) is 6.54 Å². The van der Waals surface area contributed by atoms with Crippen molar-refractivity contribution >= 4 is 23.2 Å². The molecule has 0 spiro atoms. The fraction of sp³-hybridized carbons (Fsp3) is 0.143. The van der Waals surface area contributed by atoms with E-state index in [0.717, 1.165) is 11.8 Å². The largest absolute Gasteiger partial charge is 0.476 e. The highest BCUT2D eigenvalue weighted by molar-refractivity contribution is 6.01. The molecule has 31 heavy (non-hydrogen) atoms. The third-order valence-electron chi connectivity index (χ3n) is 4.95. The van der Waals surface area contributed by atoms with Crippen LogP contribution < -0.4 is 21.1 Å². The van der Waals surface area contributed by atoms with Crippen LogP contribution in [0.4, 0.5) is 16.0 Å². The van der Waals surface area contributed by atoms with E-state index in [1.54, 1.807) is 0 Å². The monoisotopic (exact) mass is 419 g/mol. The summed E-state index contributed by atoms with van der Waals surface area (Å²) in [5, 5.41) is 10.2. The van der Waals surface area contributed by atoms with Crippen molar-refractivity contribution in [3.05, 3.63) is 65.7 Å². The number of hydrogen-bond donors (Lipinski definition) is 3. The summed E-state index contributed by atoms with van der Waals surface area (Å²) in [6.07, 6.45) is 2.52. The molecule has 2 bridgehead atoms. The van der Waals surface area contributed by atoms with Crippen molar-refractivity contribution in [1.82, 2.24) is 24.9 Å². The Morgan fingerprint density at radius 3 is 2.84 bits per heavy atom. The first-order valence-electron chi connectivity index (χ1n) is 9.64. The molecule has 0 radical (unpaired) electrons.